The first-order valence-electron chi connectivity index (χ1n) is 5.11. The van der Waals surface area contributed by atoms with E-state index in [9.17, 15) is 9.59 Å². The number of carbonyl (C=O) groups excluding carboxylic acids is 1. The lowest BCUT2D eigenvalue weighted by Crippen LogP contribution is -2.34. The van der Waals surface area contributed by atoms with E-state index in [1.54, 1.807) is 0 Å². The van der Waals surface area contributed by atoms with Gasteiger partial charge in [0.15, 0.2) is 0 Å². The minimum Gasteiger partial charge on any atom is -0.480 e. The predicted molar refractivity (Wildman–Crippen MR) is 54.0 cm³/mol. The summed E-state index contributed by atoms with van der Waals surface area (Å²) in [5, 5.41) is 10.8. The summed E-state index contributed by atoms with van der Waals surface area (Å²) in [4.78, 5) is 21.6. The molecule has 14 heavy (non-hydrogen) atoms. The molecule has 4 heteroatoms. The first-order chi connectivity index (χ1) is 6.61. The Morgan fingerprint density at radius 2 is 2.00 bits per heavy atom. The van der Waals surface area contributed by atoms with Gasteiger partial charge in [-0.1, -0.05) is 26.7 Å². The Labute approximate surface area is 84.7 Å². The molecular formula is C10H19NO3. The third kappa shape index (κ3) is 5.56. The molecule has 0 bridgehead atoms. The lowest BCUT2D eigenvalue weighted by Gasteiger charge is -2.13. The summed E-state index contributed by atoms with van der Waals surface area (Å²) in [6.07, 6.45) is 3.69. The molecule has 0 saturated heterocycles. The van der Waals surface area contributed by atoms with Crippen LogP contribution in [0.3, 0.4) is 0 Å². The predicted octanol–water partition coefficient (Wildman–Crippen LogP) is 1.40. The number of carbonyl (C=O) groups is 2. The number of hydrogen-bond acceptors (Lipinski definition) is 2. The molecule has 1 unspecified atom stereocenters. The van der Waals surface area contributed by atoms with Crippen LogP contribution in [0.4, 0.5) is 0 Å². The first-order valence-corrected chi connectivity index (χ1v) is 5.11. The van der Waals surface area contributed by atoms with E-state index in [0.29, 0.717) is 0 Å². The number of carboxylic acid groups (broad SMARTS) is 1. The summed E-state index contributed by atoms with van der Waals surface area (Å²) in [6.45, 7) is 3.74. The highest BCUT2D eigenvalue weighted by molar-refractivity contribution is 5.82. The number of rotatable bonds is 7. The second kappa shape index (κ2) is 7.35. The second-order valence-corrected chi connectivity index (χ2v) is 3.36. The summed E-state index contributed by atoms with van der Waals surface area (Å²) in [5.74, 6) is -1.17. The number of unbranched alkanes of at least 4 members (excludes halogenated alkanes) is 1. The lowest BCUT2D eigenvalue weighted by molar-refractivity contribution is -0.138. The Morgan fingerprint density at radius 1 is 1.36 bits per heavy atom. The van der Waals surface area contributed by atoms with Crippen LogP contribution in [0.15, 0.2) is 0 Å². The van der Waals surface area contributed by atoms with Crippen molar-refractivity contribution in [1.82, 2.24) is 5.32 Å². The maximum absolute atomic E-state index is 11.4. The summed E-state index contributed by atoms with van der Waals surface area (Å²) in [5.41, 5.74) is 0. The Kier molecular flexibility index (Phi) is 6.80. The maximum Gasteiger partial charge on any atom is 0.322 e. The first kappa shape index (κ1) is 12.9. The van der Waals surface area contributed by atoms with Crippen molar-refractivity contribution in [2.24, 2.45) is 5.92 Å². The van der Waals surface area contributed by atoms with Gasteiger partial charge in [-0.05, 0) is 12.8 Å². The van der Waals surface area contributed by atoms with Crippen LogP contribution in [0.2, 0.25) is 0 Å². The monoisotopic (exact) mass is 201 g/mol. The highest BCUT2D eigenvalue weighted by Crippen LogP contribution is 2.12. The average molecular weight is 201 g/mol. The van der Waals surface area contributed by atoms with Crippen LogP contribution in [-0.4, -0.2) is 23.5 Å². The molecule has 0 rings (SSSR count). The summed E-state index contributed by atoms with van der Waals surface area (Å²) in [7, 11) is 0. The minimum atomic E-state index is -0.997. The Morgan fingerprint density at radius 3 is 2.43 bits per heavy atom. The number of aliphatic carboxylic acids is 1. The van der Waals surface area contributed by atoms with Gasteiger partial charge in [-0.3, -0.25) is 9.59 Å². The zero-order valence-electron chi connectivity index (χ0n) is 8.88. The average Bonchev–Trinajstić information content (AvgIpc) is 2.16. The topological polar surface area (TPSA) is 66.4 Å². The van der Waals surface area contributed by atoms with E-state index in [4.69, 9.17) is 5.11 Å². The van der Waals surface area contributed by atoms with Gasteiger partial charge < -0.3 is 10.4 Å². The molecule has 1 amide bonds. The fourth-order valence-corrected chi connectivity index (χ4v) is 1.28. The van der Waals surface area contributed by atoms with Crippen LogP contribution in [-0.2, 0) is 9.59 Å². The number of carboxylic acids is 1. The highest BCUT2D eigenvalue weighted by atomic mass is 16.4. The van der Waals surface area contributed by atoms with Crippen molar-refractivity contribution in [3.05, 3.63) is 0 Å². The van der Waals surface area contributed by atoms with Crippen molar-refractivity contribution in [3.63, 3.8) is 0 Å². The van der Waals surface area contributed by atoms with Gasteiger partial charge in [0.2, 0.25) is 5.91 Å². The zero-order valence-corrected chi connectivity index (χ0v) is 8.88. The zero-order chi connectivity index (χ0) is 11.0. The van der Waals surface area contributed by atoms with Gasteiger partial charge in [0.25, 0.3) is 0 Å². The van der Waals surface area contributed by atoms with Gasteiger partial charge in [0.05, 0.1) is 0 Å². The number of hydrogen-bond donors (Lipinski definition) is 2. The third-order valence-corrected chi connectivity index (χ3v) is 2.18. The fourth-order valence-electron chi connectivity index (χ4n) is 1.28. The molecule has 0 aromatic rings. The molecule has 0 heterocycles. The van der Waals surface area contributed by atoms with Crippen molar-refractivity contribution in [2.75, 3.05) is 6.54 Å². The SMILES string of the molecule is CCCCC(CC)C(=O)NCC(=O)O. The highest BCUT2D eigenvalue weighted by Gasteiger charge is 2.15. The van der Waals surface area contributed by atoms with Gasteiger partial charge in [-0.25, -0.2) is 0 Å². The molecule has 0 aliphatic heterocycles. The Hall–Kier alpha value is -1.06. The van der Waals surface area contributed by atoms with E-state index < -0.39 is 5.97 Å². The molecule has 0 spiro atoms. The van der Waals surface area contributed by atoms with Gasteiger partial charge in [0, 0.05) is 5.92 Å². The lowest BCUT2D eigenvalue weighted by atomic mass is 9.98. The van der Waals surface area contributed by atoms with Crippen molar-refractivity contribution in [3.8, 4) is 0 Å². The molecule has 4 nitrogen and oxygen atoms in total. The molecule has 82 valence electrons. The van der Waals surface area contributed by atoms with E-state index in [1.165, 1.54) is 0 Å². The van der Waals surface area contributed by atoms with Crippen molar-refractivity contribution in [2.45, 2.75) is 39.5 Å². The van der Waals surface area contributed by atoms with Gasteiger partial charge in [-0.2, -0.15) is 0 Å². The van der Waals surface area contributed by atoms with E-state index in [-0.39, 0.29) is 18.4 Å². The van der Waals surface area contributed by atoms with Crippen LogP contribution in [0.25, 0.3) is 0 Å². The molecular weight excluding hydrogens is 182 g/mol. The van der Waals surface area contributed by atoms with Gasteiger partial charge in [0.1, 0.15) is 6.54 Å². The van der Waals surface area contributed by atoms with Crippen LogP contribution in [0.1, 0.15) is 39.5 Å². The molecule has 0 aromatic heterocycles. The van der Waals surface area contributed by atoms with Crippen molar-refractivity contribution < 1.29 is 14.7 Å². The van der Waals surface area contributed by atoms with E-state index in [2.05, 4.69) is 12.2 Å². The van der Waals surface area contributed by atoms with E-state index >= 15 is 0 Å². The standard InChI is InChI=1S/C10H19NO3/c1-3-5-6-8(4-2)10(14)11-7-9(12)13/h8H,3-7H2,1-2H3,(H,11,14)(H,12,13). The van der Waals surface area contributed by atoms with Crippen molar-refractivity contribution >= 4 is 11.9 Å². The second-order valence-electron chi connectivity index (χ2n) is 3.36. The smallest absolute Gasteiger partial charge is 0.322 e. The van der Waals surface area contributed by atoms with E-state index in [1.807, 2.05) is 6.92 Å². The molecule has 0 saturated carbocycles. The Balaban J connectivity index is 3.85. The maximum atomic E-state index is 11.4. The largest absolute Gasteiger partial charge is 0.480 e. The minimum absolute atomic E-state index is 0.0331. The quantitative estimate of drug-likeness (QED) is 0.654. The van der Waals surface area contributed by atoms with Crippen LogP contribution in [0.5, 0.6) is 0 Å². The van der Waals surface area contributed by atoms with Crippen LogP contribution < -0.4 is 5.32 Å². The number of nitrogens with one attached hydrogen (secondary N) is 1. The summed E-state index contributed by atoms with van der Waals surface area (Å²) >= 11 is 0. The molecule has 0 aliphatic rings. The third-order valence-electron chi connectivity index (χ3n) is 2.18. The number of amides is 1. The Bertz CT molecular complexity index is 192. The molecule has 0 aliphatic carbocycles. The molecule has 0 aromatic carbocycles. The van der Waals surface area contributed by atoms with Gasteiger partial charge in [-0.15, -0.1) is 0 Å². The van der Waals surface area contributed by atoms with Crippen molar-refractivity contribution in [1.29, 1.82) is 0 Å². The van der Waals surface area contributed by atoms with E-state index in [0.717, 1.165) is 25.7 Å². The van der Waals surface area contributed by atoms with Crippen LogP contribution in [0, 0.1) is 5.92 Å². The van der Waals surface area contributed by atoms with Gasteiger partial charge >= 0.3 is 5.97 Å². The summed E-state index contributed by atoms with van der Waals surface area (Å²) < 4.78 is 0. The fraction of sp³-hybridized carbons (Fsp3) is 0.800. The molecule has 2 N–H and O–H groups in total. The van der Waals surface area contributed by atoms with Crippen LogP contribution >= 0.6 is 0 Å². The summed E-state index contributed by atoms with van der Waals surface area (Å²) in [6, 6.07) is 0. The molecule has 0 radical (unpaired) electrons. The molecule has 0 fully saturated rings. The molecule has 1 atom stereocenters. The normalized spacial score (nSPS) is 12.1.